The van der Waals surface area contributed by atoms with Crippen molar-refractivity contribution in [3.05, 3.63) is 65.7 Å². The molecule has 0 aromatic heterocycles. The predicted octanol–water partition coefficient (Wildman–Crippen LogP) is -1.76. The number of phenolic OH excluding ortho intramolecular Hbond substituents is 1. The smallest absolute Gasteiger partial charge is 0.327 e. The molecule has 27 nitrogen and oxygen atoms in total. The Morgan fingerprint density at radius 2 is 1.18 bits per heavy atom. The number of amides is 12. The number of phenols is 1. The van der Waals surface area contributed by atoms with E-state index in [9.17, 15) is 63.0 Å². The van der Waals surface area contributed by atoms with E-state index in [0.29, 0.717) is 24.0 Å². The first-order chi connectivity index (χ1) is 40.3. The van der Waals surface area contributed by atoms with Gasteiger partial charge in [-0.2, -0.15) is 25.3 Å². The fraction of sp³-hybridized carbons (Fsp3) is 0.571. The summed E-state index contributed by atoms with van der Waals surface area (Å²) in [6.45, 7) is 7.41. The van der Waals surface area contributed by atoms with Crippen molar-refractivity contribution in [2.75, 3.05) is 31.1 Å². The zero-order chi connectivity index (χ0) is 63.1. The van der Waals surface area contributed by atoms with E-state index in [0.717, 1.165) is 0 Å². The molecule has 2 fully saturated rings. The minimum absolute atomic E-state index is 0.0134. The summed E-state index contributed by atoms with van der Waals surface area (Å²) in [6, 6.07) is 0.852. The monoisotopic (exact) mass is 1230 g/mol. The SMILES string of the molecule is CC[C@H](C)[C@H](NC(=O)[C@@H]1CCN1C(=O)[C@@H]1CCCN1C(=O)[C@H](Cc1ccccc1)NC(=O)[C@H](Cc1ccc(O)cc1)NC(=O)[C@H](CCC(N)=O)NC(=O)[C@H](CCCNC(N)=O)NC(=O)[C@@H](N)CS)C(=O)N[C@@H](CC(C)C)C(=O)N[C@@H](CS)C(=O)O. The number of hydrogen-bond acceptors (Lipinski definition) is 16. The number of aromatic hydroxyl groups is 1. The van der Waals surface area contributed by atoms with Crippen molar-refractivity contribution in [3.8, 4) is 5.75 Å². The molecule has 0 aliphatic carbocycles. The molecule has 11 atom stereocenters. The van der Waals surface area contributed by atoms with E-state index in [1.54, 1.807) is 44.2 Å². The van der Waals surface area contributed by atoms with E-state index in [4.69, 9.17) is 17.2 Å². The molecule has 0 unspecified atom stereocenters. The van der Waals surface area contributed by atoms with Crippen molar-refractivity contribution in [2.24, 2.45) is 29.0 Å². The Balaban J connectivity index is 1.61. The third-order valence-electron chi connectivity index (χ3n) is 14.7. The molecule has 2 saturated heterocycles. The van der Waals surface area contributed by atoms with Gasteiger partial charge in [0.25, 0.3) is 0 Å². The van der Waals surface area contributed by atoms with Crippen LogP contribution in [0.15, 0.2) is 54.6 Å². The van der Waals surface area contributed by atoms with Gasteiger partial charge >= 0.3 is 12.0 Å². The predicted molar refractivity (Wildman–Crippen MR) is 318 cm³/mol. The average molecular weight is 1230 g/mol. The number of nitrogens with zero attached hydrogens (tertiary/aromatic N) is 2. The van der Waals surface area contributed by atoms with Gasteiger partial charge in [-0.15, -0.1) is 0 Å². The Hall–Kier alpha value is -7.66. The number of likely N-dealkylation sites (tertiary alicyclic amines) is 2. The second-order valence-electron chi connectivity index (χ2n) is 21.7. The van der Waals surface area contributed by atoms with E-state index in [1.165, 1.54) is 34.1 Å². The molecule has 2 aromatic carbocycles. The van der Waals surface area contributed by atoms with Crippen LogP contribution in [0.2, 0.25) is 0 Å². The number of carbonyl (C=O) groups is 12. The van der Waals surface area contributed by atoms with Gasteiger partial charge in [-0.05, 0) is 80.0 Å². The highest BCUT2D eigenvalue weighted by Gasteiger charge is 2.47. The van der Waals surface area contributed by atoms with E-state index < -0.39 is 144 Å². The van der Waals surface area contributed by atoms with Crippen molar-refractivity contribution in [2.45, 2.75) is 159 Å². The summed E-state index contributed by atoms with van der Waals surface area (Å²) in [7, 11) is 0. The molecule has 468 valence electrons. The Kier molecular flexibility index (Phi) is 28.2. The van der Waals surface area contributed by atoms with Gasteiger partial charge in [0, 0.05) is 50.4 Å². The molecule has 16 N–H and O–H groups in total. The molecule has 0 bridgehead atoms. The van der Waals surface area contributed by atoms with Crippen molar-refractivity contribution < 1.29 is 67.7 Å². The maximum absolute atomic E-state index is 15.0. The van der Waals surface area contributed by atoms with Crippen LogP contribution in [0, 0.1) is 11.8 Å². The maximum Gasteiger partial charge on any atom is 0.327 e. The number of benzene rings is 2. The fourth-order valence-electron chi connectivity index (χ4n) is 9.62. The summed E-state index contributed by atoms with van der Waals surface area (Å²) in [5, 5.41) is 40.4. The lowest BCUT2D eigenvalue weighted by Crippen LogP contribution is -2.65. The Bertz CT molecular complexity index is 2670. The normalized spacial score (nSPS) is 17.8. The Labute approximate surface area is 504 Å². The molecule has 4 rings (SSSR count). The second-order valence-corrected chi connectivity index (χ2v) is 22.4. The highest BCUT2D eigenvalue weighted by atomic mass is 32.1. The standard InChI is InChI=1S/C56H83N13O14S2/c1-5-31(4)45(52(78)64-38(25-30(2)3)49(75)66-41(29-85)55(81)82)67-51(77)42-21-24-69(42)54(80)43-14-10-23-68(43)53(79)40(27-32-11-7-6-8-12-32)65-50(76)39(26-33-15-17-34(70)18-16-33)63-48(74)37(19-20-44(58)71)62-47(73)36(13-9-22-60-56(59)83)61-46(72)35(57)28-84/h6-8,11-12,15-18,30-31,35-43,45,70,84-85H,5,9-10,13-14,19-29,57H2,1-4H3,(H2,58,71)(H,61,72)(H,62,73)(H,63,74)(H,64,78)(H,65,76)(H,66,75)(H,67,77)(H,81,82)(H3,59,60,83)/t31-,35-,36-,37-,38-,39-,40-,41-,42-,43-,45-/m0/s1. The van der Waals surface area contributed by atoms with Crippen molar-refractivity contribution in [3.63, 3.8) is 0 Å². The van der Waals surface area contributed by atoms with Gasteiger partial charge in [0.15, 0.2) is 0 Å². The molecule has 0 spiro atoms. The number of primary amides is 2. The number of hydrogen-bond donors (Lipinski definition) is 15. The zero-order valence-corrected chi connectivity index (χ0v) is 50.0. The second kappa shape index (κ2) is 34.3. The van der Waals surface area contributed by atoms with Crippen LogP contribution >= 0.6 is 25.3 Å². The minimum atomic E-state index is -1.56. The van der Waals surface area contributed by atoms with Crippen LogP contribution in [0.1, 0.15) is 96.6 Å². The van der Waals surface area contributed by atoms with Crippen LogP contribution in [0.25, 0.3) is 0 Å². The number of rotatable bonds is 34. The van der Waals surface area contributed by atoms with E-state index in [1.807, 2.05) is 13.8 Å². The van der Waals surface area contributed by atoms with Crippen LogP contribution in [-0.2, 0) is 65.6 Å². The average Bonchev–Trinajstić information content (AvgIpc) is 2.71. The molecule has 2 aliphatic rings. The molecular weight excluding hydrogens is 1140 g/mol. The minimum Gasteiger partial charge on any atom is -0.508 e. The quantitative estimate of drug-likeness (QED) is 0.0273. The number of nitrogens with one attached hydrogen (secondary N) is 8. The Morgan fingerprint density at radius 1 is 0.624 bits per heavy atom. The molecular formula is C56H83N13O14S2. The molecule has 12 amide bonds. The molecule has 0 saturated carbocycles. The van der Waals surface area contributed by atoms with Gasteiger partial charge in [-0.1, -0.05) is 76.6 Å². The van der Waals surface area contributed by atoms with E-state index in [2.05, 4.69) is 67.8 Å². The van der Waals surface area contributed by atoms with Gasteiger partial charge in [-0.3, -0.25) is 47.9 Å². The van der Waals surface area contributed by atoms with Crippen LogP contribution in [0.5, 0.6) is 5.75 Å². The summed E-state index contributed by atoms with van der Waals surface area (Å²) in [4.78, 5) is 165. The molecule has 29 heteroatoms. The van der Waals surface area contributed by atoms with Crippen LogP contribution < -0.4 is 59.7 Å². The summed E-state index contributed by atoms with van der Waals surface area (Å²) in [6.07, 6.45) is 0.268. The number of carboxylic acid groups (broad SMARTS) is 1. The number of urea groups is 1. The van der Waals surface area contributed by atoms with Gasteiger partial charge in [0.2, 0.25) is 59.1 Å². The first kappa shape index (κ1) is 69.8. The van der Waals surface area contributed by atoms with Gasteiger partial charge in [0.1, 0.15) is 60.1 Å². The summed E-state index contributed by atoms with van der Waals surface area (Å²) >= 11 is 8.07. The highest BCUT2D eigenvalue weighted by Crippen LogP contribution is 2.27. The van der Waals surface area contributed by atoms with Gasteiger partial charge < -0.3 is 79.7 Å². The number of thiol groups is 2. The fourth-order valence-corrected chi connectivity index (χ4v) is 10.0. The van der Waals surface area contributed by atoms with E-state index >= 15 is 4.79 Å². The van der Waals surface area contributed by atoms with Gasteiger partial charge in [-0.25, -0.2) is 9.59 Å². The number of carboxylic acids is 1. The lowest BCUT2D eigenvalue weighted by Gasteiger charge is -2.43. The first-order valence-electron chi connectivity index (χ1n) is 28.4. The van der Waals surface area contributed by atoms with Crippen LogP contribution in [0.4, 0.5) is 4.79 Å². The van der Waals surface area contributed by atoms with E-state index in [-0.39, 0.29) is 94.2 Å². The number of carbonyl (C=O) groups excluding carboxylic acids is 11. The molecule has 85 heavy (non-hydrogen) atoms. The number of aliphatic carboxylic acids is 1. The zero-order valence-electron chi connectivity index (χ0n) is 48.3. The molecule has 2 aromatic rings. The Morgan fingerprint density at radius 3 is 1.74 bits per heavy atom. The highest BCUT2D eigenvalue weighted by molar-refractivity contribution is 7.80. The van der Waals surface area contributed by atoms with Crippen molar-refractivity contribution in [1.29, 1.82) is 0 Å². The topological polar surface area (TPSA) is 426 Å². The van der Waals surface area contributed by atoms with Crippen LogP contribution in [0.3, 0.4) is 0 Å². The van der Waals surface area contributed by atoms with Crippen molar-refractivity contribution >= 4 is 96.3 Å². The maximum atomic E-state index is 15.0. The van der Waals surface area contributed by atoms with Gasteiger partial charge in [0.05, 0.1) is 6.04 Å². The molecule has 0 radical (unpaired) electrons. The summed E-state index contributed by atoms with van der Waals surface area (Å²) < 4.78 is 0. The lowest BCUT2D eigenvalue weighted by atomic mass is 9.94. The number of nitrogens with two attached hydrogens (primary N) is 3. The lowest BCUT2D eigenvalue weighted by molar-refractivity contribution is -0.155. The van der Waals surface area contributed by atoms with Crippen molar-refractivity contribution in [1.82, 2.24) is 52.3 Å². The third kappa shape index (κ3) is 21.7. The summed E-state index contributed by atoms with van der Waals surface area (Å²) in [5.41, 5.74) is 17.6. The molecule has 2 aliphatic heterocycles. The van der Waals surface area contributed by atoms with Crippen LogP contribution in [-0.4, -0.2) is 183 Å². The third-order valence-corrected chi connectivity index (χ3v) is 15.5. The molecule has 2 heterocycles. The largest absolute Gasteiger partial charge is 0.508 e. The first-order valence-corrected chi connectivity index (χ1v) is 29.6. The summed E-state index contributed by atoms with van der Waals surface area (Å²) in [5.74, 6) is -9.90.